The van der Waals surface area contributed by atoms with Crippen LogP contribution >= 0.6 is 0 Å². The molecule has 0 spiro atoms. The van der Waals surface area contributed by atoms with E-state index in [1.165, 1.54) is 45.2 Å². The normalized spacial score (nSPS) is 32.2. The predicted molar refractivity (Wildman–Crippen MR) is 82.6 cm³/mol. The molecule has 0 aromatic rings. The summed E-state index contributed by atoms with van der Waals surface area (Å²) in [6, 6.07) is 2.43. The van der Waals surface area contributed by atoms with Crippen molar-refractivity contribution >= 4 is 0 Å². The maximum absolute atomic E-state index is 3.74. The first-order valence-corrected chi connectivity index (χ1v) is 8.10. The Morgan fingerprint density at radius 3 is 2.21 bits per heavy atom. The fourth-order valence-corrected chi connectivity index (χ4v) is 3.64. The van der Waals surface area contributed by atoms with Crippen LogP contribution in [0, 0.1) is 0 Å². The van der Waals surface area contributed by atoms with Crippen molar-refractivity contribution in [3.05, 3.63) is 0 Å². The number of nitrogens with one attached hydrogen (secondary N) is 1. The van der Waals surface area contributed by atoms with Gasteiger partial charge in [-0.15, -0.1) is 0 Å². The van der Waals surface area contributed by atoms with Crippen molar-refractivity contribution in [2.24, 2.45) is 0 Å². The highest BCUT2D eigenvalue weighted by atomic mass is 15.3. The largest absolute Gasteiger partial charge is 0.314 e. The number of hydrogen-bond donors (Lipinski definition) is 1. The number of piperidine rings is 1. The van der Waals surface area contributed by atoms with E-state index in [9.17, 15) is 0 Å². The molecule has 2 bridgehead atoms. The zero-order valence-corrected chi connectivity index (χ0v) is 13.6. The van der Waals surface area contributed by atoms with E-state index in [4.69, 9.17) is 0 Å². The van der Waals surface area contributed by atoms with Crippen molar-refractivity contribution in [1.29, 1.82) is 0 Å². The summed E-state index contributed by atoms with van der Waals surface area (Å²) in [7, 11) is 4.41. The molecule has 2 heterocycles. The van der Waals surface area contributed by atoms with Crippen LogP contribution in [0.5, 0.6) is 0 Å². The number of hydrogen-bond acceptors (Lipinski definition) is 3. The number of nitrogens with zero attached hydrogens (tertiary/aromatic N) is 2. The highest BCUT2D eigenvalue weighted by Crippen LogP contribution is 2.37. The standard InChI is InChI=1S/C16H33N3/c1-6-9-17-13-10-14-7-8-15(11-13)19(14)12-16(2,3)18(4)5/h13-15,17H,6-12H2,1-5H3. The molecule has 2 aliphatic heterocycles. The fourth-order valence-electron chi connectivity index (χ4n) is 3.64. The summed E-state index contributed by atoms with van der Waals surface area (Å²) in [6.07, 6.45) is 6.81. The second kappa shape index (κ2) is 6.11. The molecule has 2 saturated heterocycles. The van der Waals surface area contributed by atoms with Crippen LogP contribution in [0.4, 0.5) is 0 Å². The second-order valence-electron chi connectivity index (χ2n) is 7.39. The molecule has 3 nitrogen and oxygen atoms in total. The van der Waals surface area contributed by atoms with E-state index >= 15 is 0 Å². The molecule has 0 saturated carbocycles. The quantitative estimate of drug-likeness (QED) is 0.797. The molecule has 0 aromatic heterocycles. The minimum atomic E-state index is 0.282. The topological polar surface area (TPSA) is 18.5 Å². The van der Waals surface area contributed by atoms with Crippen LogP contribution in [0.15, 0.2) is 0 Å². The summed E-state index contributed by atoms with van der Waals surface area (Å²) < 4.78 is 0. The summed E-state index contributed by atoms with van der Waals surface area (Å²) >= 11 is 0. The maximum atomic E-state index is 3.74. The molecule has 1 N–H and O–H groups in total. The lowest BCUT2D eigenvalue weighted by molar-refractivity contribution is 0.0526. The minimum absolute atomic E-state index is 0.282. The predicted octanol–water partition coefficient (Wildman–Crippen LogP) is 2.32. The number of likely N-dealkylation sites (N-methyl/N-ethyl adjacent to an activating group) is 1. The molecule has 2 atom stereocenters. The van der Waals surface area contributed by atoms with E-state index in [0.717, 1.165) is 18.1 Å². The molecule has 19 heavy (non-hydrogen) atoms. The average molecular weight is 267 g/mol. The Morgan fingerprint density at radius 2 is 1.74 bits per heavy atom. The second-order valence-corrected chi connectivity index (χ2v) is 7.39. The smallest absolute Gasteiger partial charge is 0.0274 e. The van der Waals surface area contributed by atoms with Gasteiger partial charge in [-0.2, -0.15) is 0 Å². The van der Waals surface area contributed by atoms with E-state index in [1.807, 2.05) is 0 Å². The molecular formula is C16H33N3. The molecule has 0 amide bonds. The first-order chi connectivity index (χ1) is 8.94. The van der Waals surface area contributed by atoms with Crippen LogP contribution in [-0.2, 0) is 0 Å². The van der Waals surface area contributed by atoms with Crippen LogP contribution < -0.4 is 5.32 Å². The van der Waals surface area contributed by atoms with Crippen LogP contribution in [0.2, 0.25) is 0 Å². The number of fused-ring (bicyclic) bond motifs is 2. The zero-order valence-electron chi connectivity index (χ0n) is 13.6. The van der Waals surface area contributed by atoms with Crippen molar-refractivity contribution in [1.82, 2.24) is 15.1 Å². The van der Waals surface area contributed by atoms with Crippen molar-refractivity contribution in [3.8, 4) is 0 Å². The molecule has 2 fully saturated rings. The van der Waals surface area contributed by atoms with Gasteiger partial charge in [-0.1, -0.05) is 6.92 Å². The Morgan fingerprint density at radius 1 is 1.16 bits per heavy atom. The summed E-state index contributed by atoms with van der Waals surface area (Å²) in [4.78, 5) is 5.18. The van der Waals surface area contributed by atoms with E-state index < -0.39 is 0 Å². The van der Waals surface area contributed by atoms with Crippen LogP contribution in [0.1, 0.15) is 52.9 Å². The molecule has 2 unspecified atom stereocenters. The summed E-state index contributed by atoms with van der Waals surface area (Å²) in [6.45, 7) is 9.40. The molecule has 112 valence electrons. The minimum Gasteiger partial charge on any atom is -0.314 e. The van der Waals surface area contributed by atoms with Crippen LogP contribution in [0.3, 0.4) is 0 Å². The maximum Gasteiger partial charge on any atom is 0.0274 e. The Kier molecular flexibility index (Phi) is 4.91. The third kappa shape index (κ3) is 3.50. The van der Waals surface area contributed by atoms with Gasteiger partial charge in [0.1, 0.15) is 0 Å². The van der Waals surface area contributed by atoms with Crippen LogP contribution in [0.25, 0.3) is 0 Å². The van der Waals surface area contributed by atoms with Gasteiger partial charge in [-0.25, -0.2) is 0 Å². The molecule has 0 radical (unpaired) electrons. The molecule has 0 aliphatic carbocycles. The highest BCUT2D eigenvalue weighted by Gasteiger charge is 2.42. The SMILES string of the molecule is CCCNC1CC2CCC(C1)N2CC(C)(C)N(C)C. The van der Waals surface area contributed by atoms with E-state index in [0.29, 0.717) is 0 Å². The molecule has 2 aliphatic rings. The van der Waals surface area contributed by atoms with Crippen molar-refractivity contribution in [2.75, 3.05) is 27.2 Å². The van der Waals surface area contributed by atoms with Gasteiger partial charge in [0.2, 0.25) is 0 Å². The van der Waals surface area contributed by atoms with Gasteiger partial charge in [0.15, 0.2) is 0 Å². The van der Waals surface area contributed by atoms with Gasteiger partial charge in [0, 0.05) is 30.2 Å². The van der Waals surface area contributed by atoms with Crippen molar-refractivity contribution in [2.45, 2.75) is 76.5 Å². The Balaban J connectivity index is 1.92. The van der Waals surface area contributed by atoms with E-state index in [-0.39, 0.29) is 5.54 Å². The lowest BCUT2D eigenvalue weighted by atomic mass is 9.94. The average Bonchev–Trinajstić information content (AvgIpc) is 2.59. The third-order valence-corrected chi connectivity index (χ3v) is 5.35. The summed E-state index contributed by atoms with van der Waals surface area (Å²) in [5, 5.41) is 3.74. The van der Waals surface area contributed by atoms with Gasteiger partial charge in [0.05, 0.1) is 0 Å². The first-order valence-electron chi connectivity index (χ1n) is 8.10. The monoisotopic (exact) mass is 267 g/mol. The van der Waals surface area contributed by atoms with Gasteiger partial charge in [-0.05, 0) is 66.6 Å². The lowest BCUT2D eigenvalue weighted by Crippen LogP contribution is -2.56. The van der Waals surface area contributed by atoms with E-state index in [2.05, 4.69) is 50.0 Å². The highest BCUT2D eigenvalue weighted by molar-refractivity contribution is 5.00. The zero-order chi connectivity index (χ0) is 14.0. The summed E-state index contributed by atoms with van der Waals surface area (Å²) in [5.74, 6) is 0. The van der Waals surface area contributed by atoms with Crippen LogP contribution in [-0.4, -0.2) is 60.6 Å². The van der Waals surface area contributed by atoms with Crippen molar-refractivity contribution in [3.63, 3.8) is 0 Å². The Bertz CT molecular complexity index is 274. The van der Waals surface area contributed by atoms with Crippen molar-refractivity contribution < 1.29 is 0 Å². The van der Waals surface area contributed by atoms with Gasteiger partial charge >= 0.3 is 0 Å². The third-order valence-electron chi connectivity index (χ3n) is 5.35. The van der Waals surface area contributed by atoms with Gasteiger partial charge in [-0.3, -0.25) is 4.90 Å². The molecule has 3 heteroatoms. The fraction of sp³-hybridized carbons (Fsp3) is 1.00. The Labute approximate surface area is 119 Å². The lowest BCUT2D eigenvalue weighted by Gasteiger charge is -2.45. The van der Waals surface area contributed by atoms with Gasteiger partial charge < -0.3 is 10.2 Å². The van der Waals surface area contributed by atoms with E-state index in [1.54, 1.807) is 0 Å². The molecule has 0 aromatic carbocycles. The molecular weight excluding hydrogens is 234 g/mol. The molecule has 2 rings (SSSR count). The first kappa shape index (κ1) is 15.3. The summed E-state index contributed by atoms with van der Waals surface area (Å²) in [5.41, 5.74) is 0.282. The number of rotatable bonds is 6. The Hall–Kier alpha value is -0.120. The van der Waals surface area contributed by atoms with Gasteiger partial charge in [0.25, 0.3) is 0 Å².